The average molecular weight is 437 g/mol. The van der Waals surface area contributed by atoms with Crippen molar-refractivity contribution in [2.45, 2.75) is 46.1 Å². The van der Waals surface area contributed by atoms with Crippen molar-refractivity contribution in [1.82, 2.24) is 4.98 Å². The number of ether oxygens (including phenoxy) is 2. The molecule has 31 heavy (non-hydrogen) atoms. The second-order valence-corrected chi connectivity index (χ2v) is 8.70. The molecule has 0 aliphatic carbocycles. The van der Waals surface area contributed by atoms with E-state index in [-0.39, 0.29) is 5.91 Å². The zero-order chi connectivity index (χ0) is 21.8. The van der Waals surface area contributed by atoms with Crippen molar-refractivity contribution in [3.63, 3.8) is 0 Å². The molecule has 1 atom stereocenters. The molecule has 0 spiro atoms. The number of hydrogen-bond donors (Lipinski definition) is 0. The highest BCUT2D eigenvalue weighted by Gasteiger charge is 2.33. The highest BCUT2D eigenvalue weighted by atomic mass is 32.1. The van der Waals surface area contributed by atoms with Gasteiger partial charge in [0.2, 0.25) is 0 Å². The van der Waals surface area contributed by atoms with E-state index in [1.54, 1.807) is 11.3 Å². The third-order valence-electron chi connectivity index (χ3n) is 5.47. The van der Waals surface area contributed by atoms with E-state index in [1.807, 2.05) is 54.5 Å². The highest BCUT2D eigenvalue weighted by Crippen LogP contribution is 2.38. The number of anilines is 1. The molecule has 2 aromatic carbocycles. The van der Waals surface area contributed by atoms with Crippen molar-refractivity contribution >= 4 is 22.9 Å². The molecule has 162 valence electrons. The molecule has 1 amide bonds. The first-order valence-electron chi connectivity index (χ1n) is 10.8. The molecule has 3 aromatic rings. The fraction of sp³-hybridized carbons (Fsp3) is 0.360. The van der Waals surface area contributed by atoms with E-state index in [1.165, 1.54) is 5.56 Å². The van der Waals surface area contributed by atoms with Crippen LogP contribution < -0.4 is 14.4 Å². The summed E-state index contributed by atoms with van der Waals surface area (Å²) >= 11 is 1.62. The topological polar surface area (TPSA) is 51.7 Å². The highest BCUT2D eigenvalue weighted by molar-refractivity contribution is 7.09. The summed E-state index contributed by atoms with van der Waals surface area (Å²) in [6.07, 6.45) is 1.95. The minimum absolute atomic E-state index is 0.00825. The van der Waals surface area contributed by atoms with Gasteiger partial charge in [0.05, 0.1) is 23.0 Å². The smallest absolute Gasteiger partial charge is 0.268 e. The van der Waals surface area contributed by atoms with Crippen LogP contribution >= 0.6 is 11.3 Å². The molecule has 0 saturated carbocycles. The lowest BCUT2D eigenvalue weighted by Gasteiger charge is -2.34. The van der Waals surface area contributed by atoms with Crippen LogP contribution in [0.1, 0.15) is 37.3 Å². The van der Waals surface area contributed by atoms with E-state index in [0.717, 1.165) is 46.3 Å². The van der Waals surface area contributed by atoms with E-state index < -0.39 is 6.10 Å². The Morgan fingerprint density at radius 2 is 1.97 bits per heavy atom. The first-order chi connectivity index (χ1) is 15.1. The number of thiazole rings is 1. The first kappa shape index (κ1) is 21.4. The number of carbonyl (C=O) groups excluding carboxylic acids is 1. The molecule has 0 saturated heterocycles. The van der Waals surface area contributed by atoms with E-state index in [4.69, 9.17) is 9.47 Å². The second kappa shape index (κ2) is 9.52. The molecule has 5 nitrogen and oxygen atoms in total. The summed E-state index contributed by atoms with van der Waals surface area (Å²) in [4.78, 5) is 19.5. The summed E-state index contributed by atoms with van der Waals surface area (Å²) in [5.41, 5.74) is 4.02. The number of nitrogens with zero attached hydrogens (tertiary/aromatic N) is 2. The summed E-state index contributed by atoms with van der Waals surface area (Å²) in [5, 5.41) is 3.06. The summed E-state index contributed by atoms with van der Waals surface area (Å²) < 4.78 is 11.9. The number of aromatic nitrogens is 1. The average Bonchev–Trinajstić information content (AvgIpc) is 3.24. The Balaban J connectivity index is 1.48. The minimum atomic E-state index is -0.442. The quantitative estimate of drug-likeness (QED) is 0.428. The molecule has 1 aromatic heterocycles. The van der Waals surface area contributed by atoms with Crippen LogP contribution in [0.15, 0.2) is 47.8 Å². The Hall–Kier alpha value is -2.86. The van der Waals surface area contributed by atoms with E-state index in [0.29, 0.717) is 19.6 Å². The molecular weight excluding hydrogens is 408 g/mol. The minimum Gasteiger partial charge on any atom is -0.494 e. The van der Waals surface area contributed by atoms with Crippen molar-refractivity contribution in [3.05, 3.63) is 58.4 Å². The third-order valence-corrected chi connectivity index (χ3v) is 6.25. The third kappa shape index (κ3) is 4.74. The predicted molar refractivity (Wildman–Crippen MR) is 125 cm³/mol. The number of rotatable bonds is 8. The Morgan fingerprint density at radius 1 is 1.16 bits per heavy atom. The Morgan fingerprint density at radius 3 is 2.65 bits per heavy atom. The molecule has 6 heteroatoms. The van der Waals surface area contributed by atoms with E-state index >= 15 is 0 Å². The van der Waals surface area contributed by atoms with Gasteiger partial charge in [-0.3, -0.25) is 4.79 Å². The molecule has 1 aliphatic heterocycles. The molecule has 1 unspecified atom stereocenters. The number of hydrogen-bond acceptors (Lipinski definition) is 5. The van der Waals surface area contributed by atoms with Crippen LogP contribution in [-0.4, -0.2) is 30.1 Å². The lowest BCUT2D eigenvalue weighted by molar-refractivity contribution is -0.126. The zero-order valence-corrected chi connectivity index (χ0v) is 19.1. The zero-order valence-electron chi connectivity index (χ0n) is 18.3. The number of carbonyl (C=O) groups is 1. The van der Waals surface area contributed by atoms with Gasteiger partial charge in [0.1, 0.15) is 11.5 Å². The largest absolute Gasteiger partial charge is 0.494 e. The van der Waals surface area contributed by atoms with Crippen molar-refractivity contribution in [3.8, 4) is 22.8 Å². The van der Waals surface area contributed by atoms with E-state index in [2.05, 4.69) is 24.0 Å². The van der Waals surface area contributed by atoms with Crippen molar-refractivity contribution in [1.29, 1.82) is 0 Å². The van der Waals surface area contributed by atoms with Crippen LogP contribution in [0.3, 0.4) is 0 Å². The summed E-state index contributed by atoms with van der Waals surface area (Å²) in [6.45, 7) is 7.23. The van der Waals surface area contributed by atoms with Gasteiger partial charge in [0.15, 0.2) is 6.10 Å². The van der Waals surface area contributed by atoms with Gasteiger partial charge in [-0.1, -0.05) is 26.0 Å². The van der Waals surface area contributed by atoms with Crippen molar-refractivity contribution in [2.24, 2.45) is 0 Å². The summed E-state index contributed by atoms with van der Waals surface area (Å²) in [5.74, 6) is 1.62. The van der Waals surface area contributed by atoms with Crippen LogP contribution in [0, 0.1) is 6.92 Å². The molecule has 1 aliphatic rings. The van der Waals surface area contributed by atoms with Gasteiger partial charge in [0.25, 0.3) is 5.91 Å². The molecule has 4 rings (SSSR count). The predicted octanol–water partition coefficient (Wildman–Crippen LogP) is 5.65. The number of aryl methyl sites for hydroxylation is 2. The van der Waals surface area contributed by atoms with E-state index in [9.17, 15) is 4.79 Å². The van der Waals surface area contributed by atoms with Gasteiger partial charge >= 0.3 is 0 Å². The second-order valence-electron chi connectivity index (χ2n) is 7.64. The fourth-order valence-corrected chi connectivity index (χ4v) is 4.32. The molecule has 0 radical (unpaired) electrons. The fourth-order valence-electron chi connectivity index (χ4n) is 3.70. The first-order valence-corrected chi connectivity index (χ1v) is 11.7. The monoisotopic (exact) mass is 436 g/mol. The van der Waals surface area contributed by atoms with Crippen LogP contribution in [-0.2, 0) is 11.2 Å². The van der Waals surface area contributed by atoms with Crippen LogP contribution in [0.5, 0.6) is 11.5 Å². The van der Waals surface area contributed by atoms with Crippen LogP contribution in [0.4, 0.5) is 5.69 Å². The van der Waals surface area contributed by atoms with Crippen LogP contribution in [0.2, 0.25) is 0 Å². The maximum Gasteiger partial charge on any atom is 0.268 e. The number of benzene rings is 2. The normalized spacial score (nSPS) is 15.5. The Labute approximate surface area is 187 Å². The summed E-state index contributed by atoms with van der Waals surface area (Å²) in [6, 6.07) is 14.2. The van der Waals surface area contributed by atoms with Gasteiger partial charge in [-0.15, -0.1) is 11.3 Å². The molecular formula is C25H28N2O3S. The standard InChI is InChI=1S/C25H28N2O3S/c1-4-18-7-10-20(11-8-18)29-14-6-13-27-22-15-19(21-16-31-17(3)26-21)9-12-24(22)30-23(5-2)25(27)28/h7-12,15-16,23H,4-6,13-14H2,1-3H3. The molecule has 0 N–H and O–H groups in total. The van der Waals surface area contributed by atoms with Gasteiger partial charge in [0, 0.05) is 17.5 Å². The van der Waals surface area contributed by atoms with Crippen molar-refractivity contribution < 1.29 is 14.3 Å². The summed E-state index contributed by atoms with van der Waals surface area (Å²) in [7, 11) is 0. The van der Waals surface area contributed by atoms with Gasteiger partial charge in [-0.05, 0) is 62.1 Å². The van der Waals surface area contributed by atoms with Gasteiger partial charge in [-0.2, -0.15) is 0 Å². The molecule has 0 bridgehead atoms. The van der Waals surface area contributed by atoms with Gasteiger partial charge < -0.3 is 14.4 Å². The lowest BCUT2D eigenvalue weighted by atomic mass is 10.1. The lowest BCUT2D eigenvalue weighted by Crippen LogP contribution is -2.46. The number of fused-ring (bicyclic) bond motifs is 1. The number of amides is 1. The van der Waals surface area contributed by atoms with Gasteiger partial charge in [-0.25, -0.2) is 4.98 Å². The molecule has 2 heterocycles. The Bertz CT molecular complexity index is 1050. The maximum atomic E-state index is 13.1. The maximum absolute atomic E-state index is 13.1. The van der Waals surface area contributed by atoms with Crippen molar-refractivity contribution in [2.75, 3.05) is 18.1 Å². The van der Waals surface area contributed by atoms with Crippen LogP contribution in [0.25, 0.3) is 11.3 Å². The molecule has 0 fully saturated rings. The Kier molecular flexibility index (Phi) is 6.56. The SMILES string of the molecule is CCc1ccc(OCCCN2C(=O)C(CC)Oc3ccc(-c4csc(C)n4)cc32)cc1.